The number of ether oxygens (including phenoxy) is 2. The molecule has 3 heterocycles. The van der Waals surface area contributed by atoms with Crippen LogP contribution >= 0.6 is 11.3 Å². The van der Waals surface area contributed by atoms with E-state index in [1.54, 1.807) is 11.3 Å². The van der Waals surface area contributed by atoms with E-state index in [0.717, 1.165) is 41.0 Å². The highest BCUT2D eigenvalue weighted by molar-refractivity contribution is 7.18. The van der Waals surface area contributed by atoms with Crippen molar-refractivity contribution in [2.45, 2.75) is 45.3 Å². The molecule has 1 aliphatic carbocycles. The first-order chi connectivity index (χ1) is 14.5. The van der Waals surface area contributed by atoms with Crippen molar-refractivity contribution in [3.05, 3.63) is 50.9 Å². The minimum absolute atomic E-state index is 0.00604. The predicted molar refractivity (Wildman–Crippen MR) is 119 cm³/mol. The number of rotatable bonds is 4. The van der Waals surface area contributed by atoms with Crippen molar-refractivity contribution in [2.24, 2.45) is 5.92 Å². The Morgan fingerprint density at radius 1 is 1.33 bits per heavy atom. The first-order valence-corrected chi connectivity index (χ1v) is 11.4. The van der Waals surface area contributed by atoms with Gasteiger partial charge in [-0.25, -0.2) is 4.98 Å². The van der Waals surface area contributed by atoms with Crippen molar-refractivity contribution in [3.63, 3.8) is 0 Å². The maximum Gasteiger partial charge on any atom is 0.259 e. The van der Waals surface area contributed by atoms with E-state index in [4.69, 9.17) is 14.5 Å². The topological polar surface area (TPSA) is 67.5 Å². The SMILES string of the molecule is C[C@@H]1CCc2c(sc3nc([C@@H](C)N(C)C[C@@H]4COc5ccccc5O4)[nH]c(=O)c23)C1. The third-order valence-corrected chi connectivity index (χ3v) is 7.45. The number of hydrogen-bond donors (Lipinski definition) is 1. The summed E-state index contributed by atoms with van der Waals surface area (Å²) in [5.74, 6) is 2.95. The van der Waals surface area contributed by atoms with Crippen LogP contribution in [-0.4, -0.2) is 41.2 Å². The fourth-order valence-electron chi connectivity index (χ4n) is 4.40. The maximum atomic E-state index is 12.9. The zero-order valence-corrected chi connectivity index (χ0v) is 18.4. The van der Waals surface area contributed by atoms with Gasteiger partial charge in [-0.05, 0) is 56.8 Å². The van der Waals surface area contributed by atoms with Crippen molar-refractivity contribution in [1.82, 2.24) is 14.9 Å². The lowest BCUT2D eigenvalue weighted by Gasteiger charge is -2.31. The Balaban J connectivity index is 1.35. The molecule has 2 aromatic heterocycles. The number of likely N-dealkylation sites (N-methyl/N-ethyl adjacent to an activating group) is 1. The van der Waals surface area contributed by atoms with Gasteiger partial charge in [-0.15, -0.1) is 11.3 Å². The van der Waals surface area contributed by atoms with Crippen molar-refractivity contribution >= 4 is 21.6 Å². The number of aryl methyl sites for hydroxylation is 1. The molecule has 0 saturated carbocycles. The Morgan fingerprint density at radius 2 is 2.13 bits per heavy atom. The van der Waals surface area contributed by atoms with Crippen LogP contribution in [0, 0.1) is 5.92 Å². The highest BCUT2D eigenvalue weighted by atomic mass is 32.1. The van der Waals surface area contributed by atoms with E-state index >= 15 is 0 Å². The fourth-order valence-corrected chi connectivity index (χ4v) is 5.79. The molecule has 158 valence electrons. The normalized spacial score (nSPS) is 21.6. The Kier molecular flexibility index (Phi) is 5.03. The van der Waals surface area contributed by atoms with E-state index in [0.29, 0.717) is 24.9 Å². The summed E-state index contributed by atoms with van der Waals surface area (Å²) in [5, 5.41) is 0.807. The summed E-state index contributed by atoms with van der Waals surface area (Å²) in [5.41, 5.74) is 1.22. The Hall–Kier alpha value is -2.38. The van der Waals surface area contributed by atoms with Gasteiger partial charge in [-0.1, -0.05) is 19.1 Å². The van der Waals surface area contributed by atoms with Gasteiger partial charge in [0.05, 0.1) is 11.4 Å². The van der Waals surface area contributed by atoms with Crippen LogP contribution in [0.25, 0.3) is 10.2 Å². The smallest absolute Gasteiger partial charge is 0.259 e. The molecule has 7 heteroatoms. The molecule has 6 nitrogen and oxygen atoms in total. The van der Waals surface area contributed by atoms with Crippen LogP contribution in [-0.2, 0) is 12.8 Å². The largest absolute Gasteiger partial charge is 0.486 e. The average molecular weight is 426 g/mol. The van der Waals surface area contributed by atoms with E-state index < -0.39 is 0 Å². The molecule has 0 unspecified atom stereocenters. The molecule has 0 amide bonds. The molecule has 0 bridgehead atoms. The number of para-hydroxylation sites is 2. The number of hydrogen-bond acceptors (Lipinski definition) is 6. The lowest BCUT2D eigenvalue weighted by molar-refractivity contribution is 0.0553. The zero-order valence-electron chi connectivity index (χ0n) is 17.6. The highest BCUT2D eigenvalue weighted by Crippen LogP contribution is 2.36. The Morgan fingerprint density at radius 3 is 2.97 bits per heavy atom. The number of fused-ring (bicyclic) bond motifs is 4. The number of aromatic amines is 1. The summed E-state index contributed by atoms with van der Waals surface area (Å²) in [6, 6.07) is 7.70. The number of nitrogens with one attached hydrogen (secondary N) is 1. The van der Waals surface area contributed by atoms with E-state index in [1.165, 1.54) is 10.4 Å². The number of aromatic nitrogens is 2. The summed E-state index contributed by atoms with van der Waals surface area (Å²) < 4.78 is 11.9. The second-order valence-corrected chi connectivity index (χ2v) is 9.68. The number of benzene rings is 1. The molecule has 1 aromatic carbocycles. The van der Waals surface area contributed by atoms with Gasteiger partial charge >= 0.3 is 0 Å². The minimum Gasteiger partial charge on any atom is -0.486 e. The summed E-state index contributed by atoms with van der Waals surface area (Å²) in [7, 11) is 2.03. The second kappa shape index (κ2) is 7.71. The lowest BCUT2D eigenvalue weighted by Crippen LogP contribution is -2.40. The molecular weight excluding hydrogens is 398 g/mol. The first kappa shape index (κ1) is 19.6. The Bertz CT molecular complexity index is 1140. The minimum atomic E-state index is -0.0710. The summed E-state index contributed by atoms with van der Waals surface area (Å²) in [6.45, 7) is 5.53. The van der Waals surface area contributed by atoms with E-state index in [2.05, 4.69) is 23.7 Å². The van der Waals surface area contributed by atoms with Gasteiger partial charge in [0.25, 0.3) is 5.56 Å². The molecule has 1 aliphatic heterocycles. The molecule has 0 radical (unpaired) electrons. The van der Waals surface area contributed by atoms with E-state index in [1.807, 2.05) is 31.3 Å². The molecule has 0 saturated heterocycles. The van der Waals surface area contributed by atoms with Gasteiger partial charge < -0.3 is 14.5 Å². The third-order valence-electron chi connectivity index (χ3n) is 6.30. The molecule has 3 aromatic rings. The molecule has 2 aliphatic rings. The maximum absolute atomic E-state index is 12.9. The van der Waals surface area contributed by atoms with Gasteiger partial charge in [0.1, 0.15) is 23.4 Å². The highest BCUT2D eigenvalue weighted by Gasteiger charge is 2.27. The molecule has 0 spiro atoms. The van der Waals surface area contributed by atoms with Crippen LogP contribution < -0.4 is 15.0 Å². The Labute approximate surface area is 179 Å². The van der Waals surface area contributed by atoms with Crippen molar-refractivity contribution < 1.29 is 9.47 Å². The molecule has 0 fully saturated rings. The molecule has 1 N–H and O–H groups in total. The summed E-state index contributed by atoms with van der Waals surface area (Å²) in [4.78, 5) is 25.2. The average Bonchev–Trinajstić information content (AvgIpc) is 3.10. The van der Waals surface area contributed by atoms with Crippen LogP contribution in [0.2, 0.25) is 0 Å². The van der Waals surface area contributed by atoms with Gasteiger partial charge in [-0.2, -0.15) is 0 Å². The molecular formula is C23H27N3O3S. The van der Waals surface area contributed by atoms with Crippen molar-refractivity contribution in [2.75, 3.05) is 20.2 Å². The zero-order chi connectivity index (χ0) is 20.8. The quantitative estimate of drug-likeness (QED) is 0.686. The standard InChI is InChI=1S/C23H27N3O3S/c1-13-8-9-16-19(10-13)30-23-20(16)22(27)24-21(25-23)14(2)26(3)11-15-12-28-17-6-4-5-7-18(17)29-15/h4-7,13-15H,8-12H2,1-3H3,(H,24,25,27)/t13-,14-,15-/m1/s1. The summed E-state index contributed by atoms with van der Waals surface area (Å²) in [6.07, 6.45) is 3.11. The van der Waals surface area contributed by atoms with Gasteiger partial charge in [0.2, 0.25) is 0 Å². The predicted octanol–water partition coefficient (Wildman–Crippen LogP) is 3.94. The monoisotopic (exact) mass is 425 g/mol. The van der Waals surface area contributed by atoms with E-state index in [-0.39, 0.29) is 17.7 Å². The van der Waals surface area contributed by atoms with Gasteiger partial charge in [0, 0.05) is 11.4 Å². The fraction of sp³-hybridized carbons (Fsp3) is 0.478. The molecule has 5 rings (SSSR count). The van der Waals surface area contributed by atoms with Crippen LogP contribution in [0.3, 0.4) is 0 Å². The van der Waals surface area contributed by atoms with Gasteiger partial charge in [0.15, 0.2) is 11.5 Å². The van der Waals surface area contributed by atoms with Crippen molar-refractivity contribution in [1.29, 1.82) is 0 Å². The van der Waals surface area contributed by atoms with Crippen LogP contribution in [0.5, 0.6) is 11.5 Å². The van der Waals surface area contributed by atoms with Crippen LogP contribution in [0.4, 0.5) is 0 Å². The number of thiophene rings is 1. The number of nitrogens with zero attached hydrogens (tertiary/aromatic N) is 2. The molecule has 30 heavy (non-hydrogen) atoms. The van der Waals surface area contributed by atoms with Crippen molar-refractivity contribution in [3.8, 4) is 11.5 Å². The second-order valence-electron chi connectivity index (χ2n) is 8.60. The van der Waals surface area contributed by atoms with Crippen LogP contribution in [0.15, 0.2) is 29.1 Å². The lowest BCUT2D eigenvalue weighted by atomic mass is 9.89. The van der Waals surface area contributed by atoms with Crippen LogP contribution in [0.1, 0.15) is 42.6 Å². The first-order valence-electron chi connectivity index (χ1n) is 10.6. The summed E-state index contributed by atoms with van der Waals surface area (Å²) >= 11 is 1.69. The van der Waals surface area contributed by atoms with E-state index in [9.17, 15) is 4.79 Å². The van der Waals surface area contributed by atoms with Gasteiger partial charge in [-0.3, -0.25) is 9.69 Å². The number of H-pyrrole nitrogens is 1. The third kappa shape index (κ3) is 3.50. The molecule has 3 atom stereocenters.